The van der Waals surface area contributed by atoms with Gasteiger partial charge < -0.3 is 20.3 Å². The molecule has 1 amide bonds. The first-order valence-corrected chi connectivity index (χ1v) is 36.8. The lowest BCUT2D eigenvalue weighted by atomic mass is 10.0. The quantitative estimate of drug-likeness (QED) is 0.0320. The fourth-order valence-corrected chi connectivity index (χ4v) is 11.6. The first kappa shape index (κ1) is 79.1. The molecule has 0 radical (unpaired) electrons. The highest BCUT2D eigenvalue weighted by Crippen LogP contribution is 2.19. The zero-order chi connectivity index (χ0) is 58.5. The average molecular weight is 1140 g/mol. The van der Waals surface area contributed by atoms with Crippen molar-refractivity contribution in [2.45, 2.75) is 418 Å². The summed E-state index contributed by atoms with van der Waals surface area (Å²) in [6.07, 6.45) is 91.0. The summed E-state index contributed by atoms with van der Waals surface area (Å²) in [4.78, 5) is 24.6. The van der Waals surface area contributed by atoms with Gasteiger partial charge in [0.15, 0.2) is 0 Å². The zero-order valence-corrected chi connectivity index (χ0v) is 54.8. The van der Waals surface area contributed by atoms with Gasteiger partial charge in [-0.3, -0.25) is 9.59 Å². The van der Waals surface area contributed by atoms with Gasteiger partial charge in [-0.2, -0.15) is 0 Å². The Morgan fingerprint density at radius 2 is 0.617 bits per heavy atom. The zero-order valence-electron chi connectivity index (χ0n) is 54.8. The predicted octanol–water partition coefficient (Wildman–Crippen LogP) is 23.9. The van der Waals surface area contributed by atoms with Crippen LogP contribution >= 0.6 is 0 Å². The number of hydrogen-bond acceptors (Lipinski definition) is 5. The highest BCUT2D eigenvalue weighted by atomic mass is 16.5. The van der Waals surface area contributed by atoms with Crippen LogP contribution in [0.15, 0.2) is 36.5 Å². The molecule has 478 valence electrons. The SMILES string of the molecule is CCCCCCCCCCCCCC/C=C/C(O)C(CO)NC(=O)CCCCCCCCCCCCCCCCC/C=C\C/C=C\CCCCCCCCCCCOC(=O)CCCCCCCCCCCCCCCCCCCCC. The predicted molar refractivity (Wildman–Crippen MR) is 356 cm³/mol. The number of aliphatic hydroxyl groups is 2. The maximum absolute atomic E-state index is 12.5. The van der Waals surface area contributed by atoms with Crippen molar-refractivity contribution >= 4 is 11.9 Å². The summed E-state index contributed by atoms with van der Waals surface area (Å²) in [5, 5.41) is 23.1. The Morgan fingerprint density at radius 1 is 0.346 bits per heavy atom. The Hall–Kier alpha value is -1.92. The second-order valence-electron chi connectivity index (χ2n) is 25.3. The van der Waals surface area contributed by atoms with Crippen molar-refractivity contribution < 1.29 is 24.5 Å². The van der Waals surface area contributed by atoms with Gasteiger partial charge in [-0.25, -0.2) is 0 Å². The van der Waals surface area contributed by atoms with Crippen molar-refractivity contribution in [1.29, 1.82) is 0 Å². The number of rotatable bonds is 69. The molecule has 0 bridgehead atoms. The summed E-state index contributed by atoms with van der Waals surface area (Å²) in [5.74, 6) is -0.0474. The molecule has 0 aliphatic rings. The maximum atomic E-state index is 12.5. The third-order valence-corrected chi connectivity index (χ3v) is 17.2. The van der Waals surface area contributed by atoms with Crippen molar-refractivity contribution in [3.05, 3.63) is 36.5 Å². The molecule has 2 unspecified atom stereocenters. The Bertz CT molecular complexity index is 1310. The molecular weight excluding hydrogens is 995 g/mol. The number of unbranched alkanes of at least 4 members (excludes halogenated alkanes) is 54. The molecule has 0 spiro atoms. The summed E-state index contributed by atoms with van der Waals surface area (Å²) >= 11 is 0. The van der Waals surface area contributed by atoms with Crippen molar-refractivity contribution in [3.8, 4) is 0 Å². The minimum atomic E-state index is -0.844. The molecule has 0 aromatic carbocycles. The van der Waals surface area contributed by atoms with Crippen molar-refractivity contribution in [3.63, 3.8) is 0 Å². The summed E-state index contributed by atoms with van der Waals surface area (Å²) in [5.41, 5.74) is 0. The number of aliphatic hydroxyl groups excluding tert-OH is 2. The lowest BCUT2D eigenvalue weighted by Gasteiger charge is -2.20. The molecule has 0 saturated heterocycles. The van der Waals surface area contributed by atoms with Gasteiger partial charge in [0.05, 0.1) is 25.4 Å². The van der Waals surface area contributed by atoms with Gasteiger partial charge in [-0.1, -0.05) is 365 Å². The number of carbonyl (C=O) groups is 2. The summed E-state index contributed by atoms with van der Waals surface area (Å²) < 4.78 is 5.51. The number of esters is 1. The molecule has 0 aromatic rings. The van der Waals surface area contributed by atoms with Crippen LogP contribution in [0.3, 0.4) is 0 Å². The van der Waals surface area contributed by atoms with Gasteiger partial charge in [-0.15, -0.1) is 0 Å². The Morgan fingerprint density at radius 3 is 0.938 bits per heavy atom. The number of amides is 1. The van der Waals surface area contributed by atoms with Crippen LogP contribution in [0.25, 0.3) is 0 Å². The first-order chi connectivity index (χ1) is 40.0. The second kappa shape index (κ2) is 70.6. The van der Waals surface area contributed by atoms with Crippen LogP contribution in [0, 0.1) is 0 Å². The van der Waals surface area contributed by atoms with Crippen LogP contribution in [0.2, 0.25) is 0 Å². The Labute approximate surface area is 506 Å². The van der Waals surface area contributed by atoms with E-state index in [0.717, 1.165) is 44.9 Å². The van der Waals surface area contributed by atoms with E-state index in [9.17, 15) is 19.8 Å². The highest BCUT2D eigenvalue weighted by molar-refractivity contribution is 5.76. The molecule has 0 fully saturated rings. The molecule has 0 heterocycles. The van der Waals surface area contributed by atoms with Crippen LogP contribution in [-0.2, 0) is 14.3 Å². The van der Waals surface area contributed by atoms with Gasteiger partial charge in [-0.05, 0) is 64.2 Å². The maximum Gasteiger partial charge on any atom is 0.305 e. The monoisotopic (exact) mass is 1140 g/mol. The minimum absolute atomic E-state index is 0.0182. The second-order valence-corrected chi connectivity index (χ2v) is 25.3. The first-order valence-electron chi connectivity index (χ1n) is 36.8. The third-order valence-electron chi connectivity index (χ3n) is 17.2. The fourth-order valence-electron chi connectivity index (χ4n) is 11.6. The molecule has 2 atom stereocenters. The van der Waals surface area contributed by atoms with E-state index < -0.39 is 12.1 Å². The van der Waals surface area contributed by atoms with E-state index in [2.05, 4.69) is 43.5 Å². The standard InChI is InChI=1S/C75H143NO5/c1-3-5-7-9-11-13-15-17-19-20-34-38-41-45-49-53-57-61-65-69-75(80)81-70-66-62-58-54-50-46-42-39-36-33-31-29-27-25-23-21-22-24-26-28-30-32-35-37-40-44-48-52-56-60-64-68-74(79)76-72(71-77)73(78)67-63-59-55-51-47-43-18-16-14-12-10-8-6-4-2/h23,25,29,31,63,67,72-73,77-78H,3-22,24,26-28,30,32-62,64-66,68-71H2,1-2H3,(H,76,79)/b25-23-,31-29-,67-63+. The van der Waals surface area contributed by atoms with Crippen LogP contribution in [0.5, 0.6) is 0 Å². The molecule has 0 aliphatic heterocycles. The molecule has 81 heavy (non-hydrogen) atoms. The molecule has 0 aliphatic carbocycles. The molecule has 0 saturated carbocycles. The normalized spacial score (nSPS) is 12.7. The Balaban J connectivity index is 3.38. The number of nitrogens with one attached hydrogen (secondary N) is 1. The molecule has 3 N–H and O–H groups in total. The van der Waals surface area contributed by atoms with Crippen LogP contribution < -0.4 is 5.32 Å². The highest BCUT2D eigenvalue weighted by Gasteiger charge is 2.18. The van der Waals surface area contributed by atoms with Gasteiger partial charge in [0.1, 0.15) is 0 Å². The van der Waals surface area contributed by atoms with E-state index in [-0.39, 0.29) is 18.5 Å². The number of ether oxygens (including phenoxy) is 1. The van der Waals surface area contributed by atoms with Crippen molar-refractivity contribution in [2.75, 3.05) is 13.2 Å². The number of hydrogen-bond donors (Lipinski definition) is 3. The minimum Gasteiger partial charge on any atom is -0.466 e. The van der Waals surface area contributed by atoms with Crippen molar-refractivity contribution in [1.82, 2.24) is 5.32 Å². The van der Waals surface area contributed by atoms with Gasteiger partial charge >= 0.3 is 5.97 Å². The smallest absolute Gasteiger partial charge is 0.305 e. The van der Waals surface area contributed by atoms with E-state index in [0.29, 0.717) is 19.4 Å². The van der Waals surface area contributed by atoms with Gasteiger partial charge in [0, 0.05) is 12.8 Å². The fraction of sp³-hybridized carbons (Fsp3) is 0.893. The molecule has 6 heteroatoms. The van der Waals surface area contributed by atoms with Gasteiger partial charge in [0.25, 0.3) is 0 Å². The topological polar surface area (TPSA) is 95.9 Å². The van der Waals surface area contributed by atoms with E-state index in [4.69, 9.17) is 4.74 Å². The lowest BCUT2D eigenvalue weighted by Crippen LogP contribution is -2.45. The lowest BCUT2D eigenvalue weighted by molar-refractivity contribution is -0.143. The van der Waals surface area contributed by atoms with E-state index in [1.165, 1.54) is 334 Å². The van der Waals surface area contributed by atoms with Crippen LogP contribution in [-0.4, -0.2) is 47.4 Å². The number of carbonyl (C=O) groups excluding carboxylic acids is 2. The van der Waals surface area contributed by atoms with Gasteiger partial charge in [0.2, 0.25) is 5.91 Å². The van der Waals surface area contributed by atoms with Crippen LogP contribution in [0.4, 0.5) is 0 Å². The average Bonchev–Trinajstić information content (AvgIpc) is 3.47. The number of allylic oxidation sites excluding steroid dienone is 5. The largest absolute Gasteiger partial charge is 0.466 e. The summed E-state index contributed by atoms with van der Waals surface area (Å²) in [6, 6.07) is -0.627. The van der Waals surface area contributed by atoms with E-state index in [1.807, 2.05) is 6.08 Å². The van der Waals surface area contributed by atoms with E-state index in [1.54, 1.807) is 6.08 Å². The molecule has 0 rings (SSSR count). The molecule has 0 aromatic heterocycles. The summed E-state index contributed by atoms with van der Waals surface area (Å²) in [7, 11) is 0. The summed E-state index contributed by atoms with van der Waals surface area (Å²) in [6.45, 7) is 4.94. The molecular formula is C75H143NO5. The Kier molecular flexibility index (Phi) is 68.9. The van der Waals surface area contributed by atoms with Crippen molar-refractivity contribution in [2.24, 2.45) is 0 Å². The third kappa shape index (κ3) is 67.1. The van der Waals surface area contributed by atoms with Crippen LogP contribution in [0.1, 0.15) is 406 Å². The molecule has 6 nitrogen and oxygen atoms in total. The van der Waals surface area contributed by atoms with E-state index >= 15 is 0 Å².